The molecule has 1 rings (SSSR count). The zero-order valence-electron chi connectivity index (χ0n) is 12.4. The summed E-state index contributed by atoms with van der Waals surface area (Å²) in [4.78, 5) is 14.1. The molecule has 20 heavy (non-hydrogen) atoms. The fourth-order valence-corrected chi connectivity index (χ4v) is 1.99. The first-order valence-electron chi connectivity index (χ1n) is 6.88. The van der Waals surface area contributed by atoms with E-state index >= 15 is 0 Å². The first-order chi connectivity index (χ1) is 9.56. The van der Waals surface area contributed by atoms with Crippen molar-refractivity contribution in [2.75, 3.05) is 32.6 Å². The lowest BCUT2D eigenvalue weighted by molar-refractivity contribution is -0.116. The van der Waals surface area contributed by atoms with Crippen LogP contribution in [-0.4, -0.2) is 38.1 Å². The Bertz CT molecular complexity index is 438. The molecule has 1 aromatic rings. The summed E-state index contributed by atoms with van der Waals surface area (Å²) < 4.78 is 5.20. The van der Waals surface area contributed by atoms with E-state index in [1.165, 1.54) is 0 Å². The zero-order chi connectivity index (χ0) is 15.0. The Labute approximate surface area is 126 Å². The van der Waals surface area contributed by atoms with E-state index in [2.05, 4.69) is 17.1 Å². The van der Waals surface area contributed by atoms with E-state index in [9.17, 15) is 4.79 Å². The number of carbonyl (C=O) groups excluding carboxylic acids is 1. The van der Waals surface area contributed by atoms with Gasteiger partial charge in [0.25, 0.3) is 0 Å². The van der Waals surface area contributed by atoms with E-state index in [0.29, 0.717) is 22.9 Å². The quantitative estimate of drug-likeness (QED) is 0.799. The molecule has 112 valence electrons. The summed E-state index contributed by atoms with van der Waals surface area (Å²) in [7, 11) is 3.60. The van der Waals surface area contributed by atoms with Crippen molar-refractivity contribution in [3.63, 3.8) is 0 Å². The topological polar surface area (TPSA) is 41.6 Å². The predicted octanol–water partition coefficient (Wildman–Crippen LogP) is 3.41. The number of amides is 1. The van der Waals surface area contributed by atoms with Crippen LogP contribution >= 0.6 is 11.6 Å². The Kier molecular flexibility index (Phi) is 7.41. The third-order valence-electron chi connectivity index (χ3n) is 3.05. The molecule has 0 aliphatic carbocycles. The van der Waals surface area contributed by atoms with Crippen molar-refractivity contribution < 1.29 is 9.53 Å². The summed E-state index contributed by atoms with van der Waals surface area (Å²) in [5.74, 6) is 0.580. The molecule has 1 amide bonds. The van der Waals surface area contributed by atoms with Gasteiger partial charge in [0.15, 0.2) is 0 Å². The number of rotatable bonds is 8. The Morgan fingerprint density at radius 3 is 2.80 bits per heavy atom. The monoisotopic (exact) mass is 298 g/mol. The molecule has 0 saturated carbocycles. The fraction of sp³-hybridized carbons (Fsp3) is 0.533. The van der Waals surface area contributed by atoms with Crippen LogP contribution in [0.3, 0.4) is 0 Å². The molecular formula is C15H23ClN2O2. The van der Waals surface area contributed by atoms with Gasteiger partial charge in [-0.25, -0.2) is 0 Å². The number of unbranched alkanes of at least 4 members (excludes halogenated alkanes) is 1. The van der Waals surface area contributed by atoms with Gasteiger partial charge in [0.1, 0.15) is 5.75 Å². The van der Waals surface area contributed by atoms with Crippen LogP contribution in [0.4, 0.5) is 5.69 Å². The second-order valence-corrected chi connectivity index (χ2v) is 5.24. The second-order valence-electron chi connectivity index (χ2n) is 4.80. The number of carbonyl (C=O) groups is 1. The Morgan fingerprint density at radius 2 is 2.15 bits per heavy atom. The van der Waals surface area contributed by atoms with Crippen LogP contribution < -0.4 is 10.1 Å². The van der Waals surface area contributed by atoms with Crippen molar-refractivity contribution in [1.29, 1.82) is 0 Å². The van der Waals surface area contributed by atoms with Gasteiger partial charge in [0, 0.05) is 18.0 Å². The van der Waals surface area contributed by atoms with Gasteiger partial charge < -0.3 is 15.0 Å². The Balaban J connectivity index is 2.48. The highest BCUT2D eigenvalue weighted by Gasteiger charge is 2.09. The average Bonchev–Trinajstić information content (AvgIpc) is 2.43. The number of halogens is 1. The third kappa shape index (κ3) is 5.80. The van der Waals surface area contributed by atoms with E-state index in [-0.39, 0.29) is 5.91 Å². The van der Waals surface area contributed by atoms with E-state index in [4.69, 9.17) is 16.3 Å². The molecule has 0 heterocycles. The van der Waals surface area contributed by atoms with Crippen molar-refractivity contribution in [1.82, 2.24) is 4.90 Å². The number of hydrogen-bond donors (Lipinski definition) is 1. The lowest BCUT2D eigenvalue weighted by Gasteiger charge is -2.16. The maximum absolute atomic E-state index is 11.9. The minimum Gasteiger partial charge on any atom is -0.495 e. The molecular weight excluding hydrogens is 276 g/mol. The minimum absolute atomic E-state index is 0.0334. The van der Waals surface area contributed by atoms with Gasteiger partial charge in [-0.1, -0.05) is 24.9 Å². The summed E-state index contributed by atoms with van der Waals surface area (Å²) in [5.41, 5.74) is 0.612. The van der Waals surface area contributed by atoms with Crippen LogP contribution in [0.5, 0.6) is 5.75 Å². The molecule has 0 unspecified atom stereocenters. The number of nitrogens with one attached hydrogen (secondary N) is 1. The van der Waals surface area contributed by atoms with Gasteiger partial charge in [-0.2, -0.15) is 0 Å². The summed E-state index contributed by atoms with van der Waals surface area (Å²) in [6.07, 6.45) is 2.77. The van der Waals surface area contributed by atoms with Gasteiger partial charge in [-0.15, -0.1) is 0 Å². The molecule has 0 saturated heterocycles. The van der Waals surface area contributed by atoms with Crippen LogP contribution in [0.1, 0.15) is 26.2 Å². The molecule has 0 radical (unpaired) electrons. The van der Waals surface area contributed by atoms with Crippen LogP contribution in [0.2, 0.25) is 5.02 Å². The first kappa shape index (κ1) is 16.8. The molecule has 0 spiro atoms. The number of ether oxygens (including phenoxy) is 1. The summed E-state index contributed by atoms with van der Waals surface area (Å²) in [5, 5.41) is 3.41. The molecule has 0 bridgehead atoms. The molecule has 1 aromatic carbocycles. The van der Waals surface area contributed by atoms with Crippen LogP contribution in [0.25, 0.3) is 0 Å². The summed E-state index contributed by atoms with van der Waals surface area (Å²) >= 11 is 5.93. The number of methoxy groups -OCH3 is 1. The van der Waals surface area contributed by atoms with E-state index in [0.717, 1.165) is 25.9 Å². The smallest absolute Gasteiger partial charge is 0.225 e. The molecule has 0 aromatic heterocycles. The first-order valence-corrected chi connectivity index (χ1v) is 7.26. The van der Waals surface area contributed by atoms with Gasteiger partial charge in [0.05, 0.1) is 12.8 Å². The molecule has 0 fully saturated rings. The highest BCUT2D eigenvalue weighted by atomic mass is 35.5. The van der Waals surface area contributed by atoms with Gasteiger partial charge in [-0.3, -0.25) is 4.79 Å². The fourth-order valence-electron chi connectivity index (χ4n) is 1.82. The molecule has 1 N–H and O–H groups in total. The highest BCUT2D eigenvalue weighted by molar-refractivity contribution is 6.31. The molecule has 0 aliphatic rings. The number of nitrogens with zero attached hydrogens (tertiary/aromatic N) is 1. The Morgan fingerprint density at radius 1 is 1.40 bits per heavy atom. The number of hydrogen-bond acceptors (Lipinski definition) is 3. The van der Waals surface area contributed by atoms with Gasteiger partial charge in [0.2, 0.25) is 5.91 Å². The highest BCUT2D eigenvalue weighted by Crippen LogP contribution is 2.27. The molecule has 0 atom stereocenters. The van der Waals surface area contributed by atoms with Crippen LogP contribution in [0.15, 0.2) is 18.2 Å². The van der Waals surface area contributed by atoms with Crippen molar-refractivity contribution in [2.45, 2.75) is 26.2 Å². The molecule has 4 nitrogen and oxygen atoms in total. The van der Waals surface area contributed by atoms with Gasteiger partial charge >= 0.3 is 0 Å². The molecule has 5 heteroatoms. The SMILES string of the molecule is CCCCN(C)CCC(=O)Nc1cc(Cl)ccc1OC. The van der Waals surface area contributed by atoms with Gasteiger partial charge in [-0.05, 0) is 38.2 Å². The third-order valence-corrected chi connectivity index (χ3v) is 3.28. The summed E-state index contributed by atoms with van der Waals surface area (Å²) in [6.45, 7) is 3.92. The number of benzene rings is 1. The number of anilines is 1. The maximum atomic E-state index is 11.9. The lowest BCUT2D eigenvalue weighted by Crippen LogP contribution is -2.25. The lowest BCUT2D eigenvalue weighted by atomic mass is 10.2. The van der Waals surface area contributed by atoms with Crippen LogP contribution in [0, 0.1) is 0 Å². The van der Waals surface area contributed by atoms with E-state index in [1.54, 1.807) is 25.3 Å². The standard InChI is InChI=1S/C15H23ClN2O2/c1-4-5-9-18(2)10-8-15(19)17-13-11-12(16)6-7-14(13)20-3/h6-7,11H,4-5,8-10H2,1-3H3,(H,17,19). The maximum Gasteiger partial charge on any atom is 0.225 e. The Hall–Kier alpha value is -1.26. The average molecular weight is 299 g/mol. The van der Waals surface area contributed by atoms with Crippen molar-refractivity contribution in [3.8, 4) is 5.75 Å². The second kappa shape index (κ2) is 8.82. The van der Waals surface area contributed by atoms with E-state index < -0.39 is 0 Å². The predicted molar refractivity (Wildman–Crippen MR) is 83.7 cm³/mol. The normalized spacial score (nSPS) is 10.7. The van der Waals surface area contributed by atoms with E-state index in [1.807, 2.05) is 7.05 Å². The van der Waals surface area contributed by atoms with Crippen molar-refractivity contribution >= 4 is 23.2 Å². The minimum atomic E-state index is -0.0334. The zero-order valence-corrected chi connectivity index (χ0v) is 13.2. The van der Waals surface area contributed by atoms with Crippen molar-refractivity contribution in [2.24, 2.45) is 0 Å². The van der Waals surface area contributed by atoms with Crippen LogP contribution in [-0.2, 0) is 4.79 Å². The van der Waals surface area contributed by atoms with Crippen molar-refractivity contribution in [3.05, 3.63) is 23.2 Å². The largest absolute Gasteiger partial charge is 0.495 e. The molecule has 0 aliphatic heterocycles. The summed E-state index contributed by atoms with van der Waals surface area (Å²) in [6, 6.07) is 5.17.